The van der Waals surface area contributed by atoms with Gasteiger partial charge in [-0.05, 0) is 49.7 Å². The molecule has 0 spiro atoms. The Morgan fingerprint density at radius 3 is 2.39 bits per heavy atom. The molecule has 0 bridgehead atoms. The average Bonchev–Trinajstić information content (AvgIpc) is 2.75. The first-order chi connectivity index (χ1) is 15.5. The summed E-state index contributed by atoms with van der Waals surface area (Å²) in [6, 6.07) is 15.2. The Morgan fingerprint density at radius 1 is 0.970 bits per heavy atom. The molecule has 33 heavy (non-hydrogen) atoms. The van der Waals surface area contributed by atoms with E-state index >= 15 is 0 Å². The van der Waals surface area contributed by atoms with Gasteiger partial charge in [0, 0.05) is 11.1 Å². The zero-order valence-electron chi connectivity index (χ0n) is 17.6. The number of alkyl halides is 3. The number of nitrogens with zero attached hydrogens (tertiary/aromatic N) is 1. The lowest BCUT2D eigenvalue weighted by atomic mass is 10.1. The summed E-state index contributed by atoms with van der Waals surface area (Å²) in [6.45, 7) is 3.65. The standard InChI is InChI=1S/C23H20F3N3O3S/c1-15-10-11-21(16(2)12-15)29-33(31,32)19-8-5-7-17(13-19)22(30)28-27-14-18-6-3-4-9-20(18)23(24,25)26/h3-14,29H,1-2H3,(H,28,30)/b27-14+. The molecule has 0 fully saturated rings. The second-order valence-corrected chi connectivity index (χ2v) is 8.92. The number of anilines is 1. The minimum absolute atomic E-state index is 0.0280. The highest BCUT2D eigenvalue weighted by atomic mass is 32.2. The van der Waals surface area contributed by atoms with Crippen molar-refractivity contribution in [2.24, 2.45) is 5.10 Å². The van der Waals surface area contributed by atoms with Gasteiger partial charge >= 0.3 is 6.18 Å². The summed E-state index contributed by atoms with van der Waals surface area (Å²) in [5, 5.41) is 3.58. The summed E-state index contributed by atoms with van der Waals surface area (Å²) in [5.74, 6) is -0.778. The monoisotopic (exact) mass is 475 g/mol. The summed E-state index contributed by atoms with van der Waals surface area (Å²) >= 11 is 0. The zero-order valence-corrected chi connectivity index (χ0v) is 18.5. The van der Waals surface area contributed by atoms with Crippen LogP contribution >= 0.6 is 0 Å². The summed E-state index contributed by atoms with van der Waals surface area (Å²) in [7, 11) is -3.98. The molecule has 0 saturated heterocycles. The number of nitrogens with one attached hydrogen (secondary N) is 2. The van der Waals surface area contributed by atoms with Gasteiger partial charge in [-0.25, -0.2) is 13.8 Å². The fourth-order valence-corrected chi connectivity index (χ4v) is 4.21. The Bertz CT molecular complexity index is 1320. The average molecular weight is 475 g/mol. The van der Waals surface area contributed by atoms with Crippen LogP contribution in [0.5, 0.6) is 0 Å². The van der Waals surface area contributed by atoms with Crippen molar-refractivity contribution in [3.63, 3.8) is 0 Å². The van der Waals surface area contributed by atoms with Crippen LogP contribution in [0.15, 0.2) is 76.7 Å². The number of sulfonamides is 1. The van der Waals surface area contributed by atoms with Crippen LogP contribution in [-0.4, -0.2) is 20.5 Å². The van der Waals surface area contributed by atoms with Crippen LogP contribution in [0.25, 0.3) is 0 Å². The molecule has 0 saturated carbocycles. The third-order valence-corrected chi connectivity index (χ3v) is 6.03. The predicted octanol–water partition coefficient (Wildman–Crippen LogP) is 4.89. The van der Waals surface area contributed by atoms with Crippen molar-refractivity contribution in [2.75, 3.05) is 4.72 Å². The van der Waals surface area contributed by atoms with Crippen LogP contribution in [0, 0.1) is 13.8 Å². The molecule has 3 aromatic carbocycles. The minimum Gasteiger partial charge on any atom is -0.279 e. The van der Waals surface area contributed by atoms with Gasteiger partial charge in [-0.3, -0.25) is 9.52 Å². The van der Waals surface area contributed by atoms with Gasteiger partial charge < -0.3 is 0 Å². The number of halogens is 3. The van der Waals surface area contributed by atoms with E-state index in [9.17, 15) is 26.4 Å². The smallest absolute Gasteiger partial charge is 0.279 e. The van der Waals surface area contributed by atoms with Crippen molar-refractivity contribution in [3.8, 4) is 0 Å². The molecule has 3 aromatic rings. The number of hydrogen-bond acceptors (Lipinski definition) is 4. The second kappa shape index (κ2) is 9.45. The number of hydrogen-bond donors (Lipinski definition) is 2. The molecule has 1 amide bonds. The fourth-order valence-electron chi connectivity index (χ4n) is 3.03. The van der Waals surface area contributed by atoms with Gasteiger partial charge in [0.15, 0.2) is 0 Å². The van der Waals surface area contributed by atoms with Gasteiger partial charge in [-0.1, -0.05) is 42.0 Å². The summed E-state index contributed by atoms with van der Waals surface area (Å²) in [6.07, 6.45) is -3.69. The summed E-state index contributed by atoms with van der Waals surface area (Å²) in [5.41, 5.74) is 3.09. The number of aryl methyl sites for hydroxylation is 2. The molecule has 10 heteroatoms. The van der Waals surface area contributed by atoms with Gasteiger partial charge in [-0.15, -0.1) is 0 Å². The number of carbonyl (C=O) groups is 1. The van der Waals surface area contributed by atoms with Crippen LogP contribution in [0.4, 0.5) is 18.9 Å². The third kappa shape index (κ3) is 5.98. The van der Waals surface area contributed by atoms with Crippen LogP contribution in [0.2, 0.25) is 0 Å². The van der Waals surface area contributed by atoms with E-state index in [0.29, 0.717) is 5.69 Å². The van der Waals surface area contributed by atoms with E-state index in [1.54, 1.807) is 19.1 Å². The van der Waals surface area contributed by atoms with Gasteiger partial charge in [0.05, 0.1) is 22.4 Å². The van der Waals surface area contributed by atoms with Crippen LogP contribution < -0.4 is 10.1 Å². The quantitative estimate of drug-likeness (QED) is 0.393. The zero-order chi connectivity index (χ0) is 24.2. The summed E-state index contributed by atoms with van der Waals surface area (Å²) < 4.78 is 67.1. The van der Waals surface area contributed by atoms with Crippen molar-refractivity contribution in [1.29, 1.82) is 0 Å². The van der Waals surface area contributed by atoms with E-state index in [2.05, 4.69) is 15.2 Å². The maximum Gasteiger partial charge on any atom is 0.417 e. The number of amides is 1. The molecule has 3 rings (SSSR count). The molecule has 6 nitrogen and oxygen atoms in total. The Balaban J connectivity index is 1.77. The molecule has 172 valence electrons. The Kier molecular flexibility index (Phi) is 6.87. The maximum atomic E-state index is 13.0. The van der Waals surface area contributed by atoms with Gasteiger partial charge in [0.2, 0.25) is 0 Å². The molecule has 0 atom stereocenters. The van der Waals surface area contributed by atoms with Crippen molar-refractivity contribution in [2.45, 2.75) is 24.9 Å². The number of benzene rings is 3. The van der Waals surface area contributed by atoms with E-state index in [1.165, 1.54) is 36.4 Å². The maximum absolute atomic E-state index is 13.0. The van der Waals surface area contributed by atoms with Crippen molar-refractivity contribution in [3.05, 3.63) is 94.5 Å². The first-order valence-corrected chi connectivity index (χ1v) is 11.2. The highest BCUT2D eigenvalue weighted by Gasteiger charge is 2.32. The molecule has 0 radical (unpaired) electrons. The highest BCUT2D eigenvalue weighted by Crippen LogP contribution is 2.31. The largest absolute Gasteiger partial charge is 0.417 e. The van der Waals surface area contributed by atoms with E-state index < -0.39 is 27.7 Å². The van der Waals surface area contributed by atoms with Crippen molar-refractivity contribution >= 4 is 27.8 Å². The van der Waals surface area contributed by atoms with Crippen LogP contribution in [-0.2, 0) is 16.2 Å². The molecule has 0 aliphatic carbocycles. The van der Waals surface area contributed by atoms with Gasteiger partial charge in [0.1, 0.15) is 0 Å². The topological polar surface area (TPSA) is 87.6 Å². The lowest BCUT2D eigenvalue weighted by molar-refractivity contribution is -0.137. The molecular weight excluding hydrogens is 455 g/mol. The van der Waals surface area contributed by atoms with Crippen molar-refractivity contribution < 1.29 is 26.4 Å². The van der Waals surface area contributed by atoms with Gasteiger partial charge in [0.25, 0.3) is 15.9 Å². The third-order valence-electron chi connectivity index (χ3n) is 4.67. The highest BCUT2D eigenvalue weighted by molar-refractivity contribution is 7.92. The first-order valence-electron chi connectivity index (χ1n) is 9.67. The molecule has 0 unspecified atom stereocenters. The number of rotatable bonds is 6. The normalized spacial score (nSPS) is 12.0. The van der Waals surface area contributed by atoms with E-state index in [0.717, 1.165) is 29.5 Å². The molecule has 2 N–H and O–H groups in total. The minimum atomic E-state index is -4.57. The number of carbonyl (C=O) groups excluding carboxylic acids is 1. The first kappa shape index (κ1) is 24.0. The lowest BCUT2D eigenvalue weighted by Crippen LogP contribution is -2.19. The number of hydrazone groups is 1. The molecule has 0 aliphatic heterocycles. The van der Waals surface area contributed by atoms with Crippen LogP contribution in [0.3, 0.4) is 0 Å². The Hall–Kier alpha value is -3.66. The molecule has 0 aliphatic rings. The lowest BCUT2D eigenvalue weighted by Gasteiger charge is -2.12. The van der Waals surface area contributed by atoms with Gasteiger partial charge in [-0.2, -0.15) is 18.3 Å². The molecule has 0 heterocycles. The van der Waals surface area contributed by atoms with E-state index in [1.807, 2.05) is 13.0 Å². The SMILES string of the molecule is Cc1ccc(NS(=O)(=O)c2cccc(C(=O)N/N=C/c3ccccc3C(F)(F)F)c2)c(C)c1. The Morgan fingerprint density at radius 2 is 1.70 bits per heavy atom. The molecule has 0 aromatic heterocycles. The van der Waals surface area contributed by atoms with Crippen LogP contribution in [0.1, 0.15) is 32.6 Å². The van der Waals surface area contributed by atoms with E-state index in [-0.39, 0.29) is 16.0 Å². The second-order valence-electron chi connectivity index (χ2n) is 7.24. The summed E-state index contributed by atoms with van der Waals surface area (Å²) in [4.78, 5) is 12.2. The predicted molar refractivity (Wildman–Crippen MR) is 120 cm³/mol. The Labute approximate surface area is 189 Å². The fraction of sp³-hybridized carbons (Fsp3) is 0.130. The van der Waals surface area contributed by atoms with E-state index in [4.69, 9.17) is 0 Å². The van der Waals surface area contributed by atoms with Crippen molar-refractivity contribution in [1.82, 2.24) is 5.43 Å². The molecular formula is C23H20F3N3O3S.